The summed E-state index contributed by atoms with van der Waals surface area (Å²) in [6.45, 7) is 0.424. The first-order valence-electron chi connectivity index (χ1n) is 5.49. The van der Waals surface area contributed by atoms with Crippen LogP contribution in [0.1, 0.15) is 0 Å². The predicted octanol–water partition coefficient (Wildman–Crippen LogP) is 0.0491. The quantitative estimate of drug-likeness (QED) is 0.636. The SMILES string of the molecule is COC[C@H](OC)[C@H]1O[C@H](OC)[C@H](OC)[C@H]1OC. The lowest BCUT2D eigenvalue weighted by molar-refractivity contribution is -0.175. The van der Waals surface area contributed by atoms with Gasteiger partial charge in [0.05, 0.1) is 6.61 Å². The monoisotopic (exact) mass is 250 g/mol. The van der Waals surface area contributed by atoms with Crippen LogP contribution in [0.2, 0.25) is 0 Å². The van der Waals surface area contributed by atoms with Crippen LogP contribution in [0.15, 0.2) is 0 Å². The molecule has 0 bridgehead atoms. The van der Waals surface area contributed by atoms with Crippen molar-refractivity contribution in [2.75, 3.05) is 42.2 Å². The minimum absolute atomic E-state index is 0.220. The van der Waals surface area contributed by atoms with Gasteiger partial charge in [0.2, 0.25) is 0 Å². The molecule has 1 fully saturated rings. The smallest absolute Gasteiger partial charge is 0.186 e. The summed E-state index contributed by atoms with van der Waals surface area (Å²) < 4.78 is 32.2. The third-order valence-corrected chi connectivity index (χ3v) is 2.98. The molecular formula is C11H22O6. The Morgan fingerprint density at radius 1 is 0.941 bits per heavy atom. The molecule has 0 spiro atoms. The predicted molar refractivity (Wildman–Crippen MR) is 59.9 cm³/mol. The largest absolute Gasteiger partial charge is 0.382 e. The molecule has 0 aliphatic carbocycles. The van der Waals surface area contributed by atoms with Gasteiger partial charge in [-0.3, -0.25) is 0 Å². The van der Waals surface area contributed by atoms with Crippen LogP contribution in [-0.4, -0.2) is 72.9 Å². The van der Waals surface area contributed by atoms with Gasteiger partial charge in [0.25, 0.3) is 0 Å². The second-order valence-corrected chi connectivity index (χ2v) is 3.83. The molecule has 6 heteroatoms. The van der Waals surface area contributed by atoms with Gasteiger partial charge in [-0.05, 0) is 0 Å². The average molecular weight is 250 g/mol. The fraction of sp³-hybridized carbons (Fsp3) is 1.00. The van der Waals surface area contributed by atoms with Crippen LogP contribution in [0.25, 0.3) is 0 Å². The summed E-state index contributed by atoms with van der Waals surface area (Å²) in [5.74, 6) is 0. The Hall–Kier alpha value is -0.240. The molecule has 0 N–H and O–H groups in total. The van der Waals surface area contributed by atoms with Crippen molar-refractivity contribution >= 4 is 0 Å². The van der Waals surface area contributed by atoms with E-state index in [1.807, 2.05) is 0 Å². The molecule has 6 nitrogen and oxygen atoms in total. The normalized spacial score (nSPS) is 35.1. The maximum atomic E-state index is 5.75. The molecule has 0 aromatic heterocycles. The van der Waals surface area contributed by atoms with Gasteiger partial charge in [-0.15, -0.1) is 0 Å². The Labute approximate surface area is 102 Å². The van der Waals surface area contributed by atoms with Gasteiger partial charge < -0.3 is 28.4 Å². The molecule has 0 radical (unpaired) electrons. The van der Waals surface area contributed by atoms with E-state index in [4.69, 9.17) is 28.4 Å². The molecule has 5 atom stereocenters. The van der Waals surface area contributed by atoms with Gasteiger partial charge in [-0.25, -0.2) is 0 Å². The van der Waals surface area contributed by atoms with Crippen molar-refractivity contribution in [3.63, 3.8) is 0 Å². The highest BCUT2D eigenvalue weighted by molar-refractivity contribution is 4.93. The molecule has 0 unspecified atom stereocenters. The first-order chi connectivity index (χ1) is 8.23. The zero-order valence-corrected chi connectivity index (χ0v) is 11.0. The van der Waals surface area contributed by atoms with E-state index >= 15 is 0 Å². The van der Waals surface area contributed by atoms with E-state index in [1.54, 1.807) is 35.5 Å². The Bertz CT molecular complexity index is 212. The molecule has 0 saturated carbocycles. The highest BCUT2D eigenvalue weighted by Gasteiger charge is 2.49. The van der Waals surface area contributed by atoms with Crippen molar-refractivity contribution in [3.05, 3.63) is 0 Å². The van der Waals surface area contributed by atoms with Crippen molar-refractivity contribution in [3.8, 4) is 0 Å². The van der Waals surface area contributed by atoms with Crippen molar-refractivity contribution in [1.29, 1.82) is 0 Å². The van der Waals surface area contributed by atoms with E-state index in [9.17, 15) is 0 Å². The fourth-order valence-corrected chi connectivity index (χ4v) is 2.12. The Kier molecular flexibility index (Phi) is 6.32. The molecule has 1 saturated heterocycles. The summed E-state index contributed by atoms with van der Waals surface area (Å²) in [7, 11) is 8.02. The molecule has 1 rings (SSSR count). The lowest BCUT2D eigenvalue weighted by Gasteiger charge is -2.26. The standard InChI is InChI=1S/C11H22O6/c1-12-6-7(13-2)8-9(14-3)10(15-4)11(16-5)17-8/h7-11H,6H2,1-5H3/t7-,8+,9-,10+,11-/m0/s1. The summed E-state index contributed by atoms with van der Waals surface area (Å²) in [6, 6.07) is 0. The van der Waals surface area contributed by atoms with Crippen LogP contribution >= 0.6 is 0 Å². The number of methoxy groups -OCH3 is 5. The van der Waals surface area contributed by atoms with E-state index in [-0.39, 0.29) is 24.4 Å². The van der Waals surface area contributed by atoms with Gasteiger partial charge in [0.1, 0.15) is 24.4 Å². The van der Waals surface area contributed by atoms with Crippen molar-refractivity contribution in [2.24, 2.45) is 0 Å². The molecule has 102 valence electrons. The summed E-state index contributed by atoms with van der Waals surface area (Å²) in [5, 5.41) is 0. The number of hydrogen-bond donors (Lipinski definition) is 0. The van der Waals surface area contributed by atoms with E-state index < -0.39 is 6.29 Å². The van der Waals surface area contributed by atoms with Gasteiger partial charge in [-0.2, -0.15) is 0 Å². The summed E-state index contributed by atoms with van der Waals surface area (Å²) in [4.78, 5) is 0. The maximum Gasteiger partial charge on any atom is 0.186 e. The zero-order chi connectivity index (χ0) is 12.8. The van der Waals surface area contributed by atoms with E-state index in [0.29, 0.717) is 6.61 Å². The molecule has 1 heterocycles. The highest BCUT2D eigenvalue weighted by atomic mass is 16.7. The molecular weight excluding hydrogens is 228 g/mol. The van der Waals surface area contributed by atoms with Crippen LogP contribution in [0.5, 0.6) is 0 Å². The first kappa shape index (κ1) is 14.8. The third-order valence-electron chi connectivity index (χ3n) is 2.98. The topological polar surface area (TPSA) is 55.4 Å². The van der Waals surface area contributed by atoms with Crippen LogP contribution in [0, 0.1) is 0 Å². The molecule has 1 aliphatic rings. The summed E-state index contributed by atoms with van der Waals surface area (Å²) in [6.07, 6.45) is -1.47. The van der Waals surface area contributed by atoms with Gasteiger partial charge in [-0.1, -0.05) is 0 Å². The van der Waals surface area contributed by atoms with Crippen LogP contribution in [0.4, 0.5) is 0 Å². The molecule has 1 aliphatic heterocycles. The van der Waals surface area contributed by atoms with E-state index in [0.717, 1.165) is 0 Å². The second kappa shape index (κ2) is 7.25. The second-order valence-electron chi connectivity index (χ2n) is 3.83. The Morgan fingerprint density at radius 3 is 2.00 bits per heavy atom. The van der Waals surface area contributed by atoms with Gasteiger partial charge in [0, 0.05) is 35.5 Å². The van der Waals surface area contributed by atoms with E-state index in [2.05, 4.69) is 0 Å². The summed E-state index contributed by atoms with van der Waals surface area (Å²) in [5.41, 5.74) is 0. The molecule has 0 amide bonds. The zero-order valence-electron chi connectivity index (χ0n) is 11.0. The lowest BCUT2D eigenvalue weighted by Crippen LogP contribution is -2.43. The number of hydrogen-bond acceptors (Lipinski definition) is 6. The van der Waals surface area contributed by atoms with Crippen molar-refractivity contribution in [2.45, 2.75) is 30.7 Å². The molecule has 0 aromatic carbocycles. The van der Waals surface area contributed by atoms with E-state index in [1.165, 1.54) is 0 Å². The lowest BCUT2D eigenvalue weighted by atomic mass is 10.1. The van der Waals surface area contributed by atoms with Crippen molar-refractivity contribution in [1.82, 2.24) is 0 Å². The van der Waals surface area contributed by atoms with Gasteiger partial charge in [0.15, 0.2) is 6.29 Å². The third kappa shape index (κ3) is 3.15. The minimum Gasteiger partial charge on any atom is -0.382 e. The molecule has 17 heavy (non-hydrogen) atoms. The Morgan fingerprint density at radius 2 is 1.59 bits per heavy atom. The minimum atomic E-state index is -0.454. The maximum absolute atomic E-state index is 5.75. The number of rotatable bonds is 7. The Balaban J connectivity index is 2.76. The summed E-state index contributed by atoms with van der Waals surface area (Å²) >= 11 is 0. The first-order valence-corrected chi connectivity index (χ1v) is 5.49. The highest BCUT2D eigenvalue weighted by Crippen LogP contribution is 2.29. The van der Waals surface area contributed by atoms with Crippen molar-refractivity contribution < 1.29 is 28.4 Å². The average Bonchev–Trinajstić information content (AvgIpc) is 2.73. The fourth-order valence-electron chi connectivity index (χ4n) is 2.12. The number of ether oxygens (including phenoxy) is 6. The van der Waals surface area contributed by atoms with Crippen LogP contribution < -0.4 is 0 Å². The molecule has 0 aromatic rings. The van der Waals surface area contributed by atoms with Gasteiger partial charge >= 0.3 is 0 Å². The van der Waals surface area contributed by atoms with Crippen LogP contribution in [-0.2, 0) is 28.4 Å². The van der Waals surface area contributed by atoms with Crippen LogP contribution in [0.3, 0.4) is 0 Å².